The van der Waals surface area contributed by atoms with Crippen LogP contribution in [0.5, 0.6) is 0 Å². The van der Waals surface area contributed by atoms with Gasteiger partial charge in [-0.1, -0.05) is 15.9 Å². The van der Waals surface area contributed by atoms with E-state index in [1.54, 1.807) is 6.20 Å². The Balaban J connectivity index is 1.73. The summed E-state index contributed by atoms with van der Waals surface area (Å²) in [7, 11) is 0. The number of carbonyl (C=O) groups is 1. The molecule has 1 N–H and O–H groups in total. The molecule has 3 rings (SSSR count). The summed E-state index contributed by atoms with van der Waals surface area (Å²) in [4.78, 5) is 12.1. The van der Waals surface area contributed by atoms with Crippen molar-refractivity contribution in [3.05, 3.63) is 34.4 Å². The topological polar surface area (TPSA) is 67.0 Å². The van der Waals surface area contributed by atoms with E-state index in [-0.39, 0.29) is 18.6 Å². The summed E-state index contributed by atoms with van der Waals surface area (Å²) in [5.41, 5.74) is 1.45. The van der Waals surface area contributed by atoms with E-state index in [9.17, 15) is 10.1 Å². The lowest BCUT2D eigenvalue weighted by molar-refractivity contribution is -0.122. The molecule has 1 aromatic carbocycles. The number of aromatic nitrogens is 1. The molecule has 22 heavy (non-hydrogen) atoms. The van der Waals surface area contributed by atoms with E-state index in [4.69, 9.17) is 4.74 Å². The van der Waals surface area contributed by atoms with Gasteiger partial charge in [0.15, 0.2) is 0 Å². The van der Waals surface area contributed by atoms with Crippen LogP contribution in [0.2, 0.25) is 0 Å². The first-order chi connectivity index (χ1) is 10.7. The number of hydrogen-bond donors (Lipinski definition) is 1. The number of fused-ring (bicyclic) bond motifs is 1. The molecule has 114 valence electrons. The highest BCUT2D eigenvalue weighted by atomic mass is 79.9. The molecular weight excluding hydrogens is 346 g/mol. The first kappa shape index (κ1) is 15.1. The number of amides is 1. The van der Waals surface area contributed by atoms with Gasteiger partial charge in [0.1, 0.15) is 12.6 Å². The minimum Gasteiger partial charge on any atom is -0.376 e. The van der Waals surface area contributed by atoms with Crippen LogP contribution in [0.1, 0.15) is 18.4 Å². The van der Waals surface area contributed by atoms with Crippen molar-refractivity contribution in [1.82, 2.24) is 9.88 Å². The number of nitrogens with zero attached hydrogens (tertiary/aromatic N) is 2. The third-order valence-corrected chi connectivity index (χ3v) is 4.32. The van der Waals surface area contributed by atoms with Gasteiger partial charge in [-0.2, -0.15) is 5.26 Å². The number of carbonyl (C=O) groups excluding carboxylic acids is 1. The Morgan fingerprint density at radius 3 is 3.14 bits per heavy atom. The highest BCUT2D eigenvalue weighted by Crippen LogP contribution is 2.24. The van der Waals surface area contributed by atoms with Crippen molar-refractivity contribution in [3.8, 4) is 6.07 Å². The molecule has 1 amide bonds. The maximum atomic E-state index is 12.1. The van der Waals surface area contributed by atoms with Crippen molar-refractivity contribution >= 4 is 32.7 Å². The van der Waals surface area contributed by atoms with Gasteiger partial charge in [-0.05, 0) is 31.0 Å². The minimum atomic E-state index is -0.0696. The summed E-state index contributed by atoms with van der Waals surface area (Å²) in [6.45, 7) is 1.53. The van der Waals surface area contributed by atoms with Crippen LogP contribution in [0.15, 0.2) is 28.9 Å². The molecule has 1 saturated heterocycles. The Bertz CT molecular complexity index is 742. The van der Waals surface area contributed by atoms with Gasteiger partial charge in [-0.15, -0.1) is 0 Å². The summed E-state index contributed by atoms with van der Waals surface area (Å²) in [6.07, 6.45) is 3.92. The first-order valence-corrected chi connectivity index (χ1v) is 8.03. The minimum absolute atomic E-state index is 0.0696. The molecule has 0 unspecified atom stereocenters. The molecule has 5 nitrogen and oxygen atoms in total. The summed E-state index contributed by atoms with van der Waals surface area (Å²) >= 11 is 3.41. The maximum Gasteiger partial charge on any atom is 0.240 e. The summed E-state index contributed by atoms with van der Waals surface area (Å²) in [6, 6.07) is 7.89. The molecular formula is C16H16BrN3O2. The van der Waals surface area contributed by atoms with E-state index in [2.05, 4.69) is 27.3 Å². The average Bonchev–Trinajstić information content (AvgIpc) is 3.13. The van der Waals surface area contributed by atoms with E-state index < -0.39 is 0 Å². The number of benzene rings is 1. The Morgan fingerprint density at radius 1 is 1.55 bits per heavy atom. The predicted molar refractivity (Wildman–Crippen MR) is 86.3 cm³/mol. The Hall–Kier alpha value is -1.84. The molecule has 2 heterocycles. The molecule has 1 atom stereocenters. The fourth-order valence-electron chi connectivity index (χ4n) is 2.73. The zero-order valence-corrected chi connectivity index (χ0v) is 13.6. The zero-order valence-electron chi connectivity index (χ0n) is 12.0. The molecule has 0 saturated carbocycles. The van der Waals surface area contributed by atoms with Crippen LogP contribution < -0.4 is 5.32 Å². The third kappa shape index (κ3) is 3.16. The van der Waals surface area contributed by atoms with Crippen molar-refractivity contribution in [3.63, 3.8) is 0 Å². The van der Waals surface area contributed by atoms with Crippen molar-refractivity contribution in [2.45, 2.75) is 25.5 Å². The molecule has 0 radical (unpaired) electrons. The largest absolute Gasteiger partial charge is 0.376 e. The molecule has 1 aliphatic rings. The maximum absolute atomic E-state index is 12.1. The van der Waals surface area contributed by atoms with Gasteiger partial charge in [0.05, 0.1) is 11.7 Å². The lowest BCUT2D eigenvalue weighted by atomic mass is 10.2. The molecule has 6 heteroatoms. The fraction of sp³-hybridized carbons (Fsp3) is 0.375. The second-order valence-corrected chi connectivity index (χ2v) is 6.30. The van der Waals surface area contributed by atoms with E-state index in [0.29, 0.717) is 12.1 Å². The molecule has 0 spiro atoms. The Morgan fingerprint density at radius 2 is 2.41 bits per heavy atom. The highest BCUT2D eigenvalue weighted by Gasteiger charge is 2.17. The molecule has 0 aliphatic carbocycles. The Kier molecular flexibility index (Phi) is 4.46. The Labute approximate surface area is 137 Å². The molecule has 2 aromatic rings. The number of nitriles is 1. The van der Waals surface area contributed by atoms with Crippen LogP contribution in [-0.4, -0.2) is 29.7 Å². The smallest absolute Gasteiger partial charge is 0.240 e. The van der Waals surface area contributed by atoms with Crippen molar-refractivity contribution < 1.29 is 9.53 Å². The summed E-state index contributed by atoms with van der Waals surface area (Å²) < 4.78 is 8.21. The van der Waals surface area contributed by atoms with Crippen LogP contribution in [-0.2, 0) is 16.1 Å². The predicted octanol–water partition coefficient (Wildman–Crippen LogP) is 2.57. The van der Waals surface area contributed by atoms with Crippen LogP contribution in [0.25, 0.3) is 10.9 Å². The number of halogens is 1. The van der Waals surface area contributed by atoms with Crippen LogP contribution in [0, 0.1) is 11.3 Å². The summed E-state index contributed by atoms with van der Waals surface area (Å²) in [5.74, 6) is -0.0696. The van der Waals surface area contributed by atoms with Gasteiger partial charge < -0.3 is 14.6 Å². The monoisotopic (exact) mass is 361 g/mol. The quantitative estimate of drug-likeness (QED) is 0.909. The van der Waals surface area contributed by atoms with Gasteiger partial charge in [0.25, 0.3) is 0 Å². The van der Waals surface area contributed by atoms with Crippen LogP contribution >= 0.6 is 15.9 Å². The highest BCUT2D eigenvalue weighted by molar-refractivity contribution is 9.10. The van der Waals surface area contributed by atoms with Crippen molar-refractivity contribution in [1.29, 1.82) is 5.26 Å². The second-order valence-electron chi connectivity index (χ2n) is 5.38. The number of nitrogens with one attached hydrogen (secondary N) is 1. The normalized spacial score (nSPS) is 17.5. The SMILES string of the molecule is N#Cc1cn(CC(=O)NC[C@H]2CCCO2)c2ccc(Br)cc12. The van der Waals surface area contributed by atoms with Crippen molar-refractivity contribution in [2.75, 3.05) is 13.2 Å². The van der Waals surface area contributed by atoms with Crippen LogP contribution in [0.4, 0.5) is 0 Å². The fourth-order valence-corrected chi connectivity index (χ4v) is 3.09. The molecule has 1 fully saturated rings. The van der Waals surface area contributed by atoms with Crippen LogP contribution in [0.3, 0.4) is 0 Å². The van der Waals surface area contributed by atoms with Crippen molar-refractivity contribution in [2.24, 2.45) is 0 Å². The van der Waals surface area contributed by atoms with E-state index in [1.807, 2.05) is 22.8 Å². The van der Waals surface area contributed by atoms with Gasteiger partial charge in [0, 0.05) is 34.7 Å². The molecule has 1 aromatic heterocycles. The third-order valence-electron chi connectivity index (χ3n) is 3.83. The summed E-state index contributed by atoms with van der Waals surface area (Å²) in [5, 5.41) is 13.0. The lowest BCUT2D eigenvalue weighted by Gasteiger charge is -2.11. The van der Waals surface area contributed by atoms with Gasteiger partial charge >= 0.3 is 0 Å². The standard InChI is InChI=1S/C16H16BrN3O2/c17-12-3-4-15-14(6-12)11(7-18)9-20(15)10-16(21)19-8-13-2-1-5-22-13/h3-4,6,9,13H,1-2,5,8,10H2,(H,19,21)/t13-/m1/s1. The average molecular weight is 362 g/mol. The van der Waals surface area contributed by atoms with Gasteiger partial charge in [-0.3, -0.25) is 4.79 Å². The number of hydrogen-bond acceptors (Lipinski definition) is 3. The molecule has 1 aliphatic heterocycles. The van der Waals surface area contributed by atoms with Gasteiger partial charge in [0.2, 0.25) is 5.91 Å². The lowest BCUT2D eigenvalue weighted by Crippen LogP contribution is -2.34. The van der Waals surface area contributed by atoms with E-state index >= 15 is 0 Å². The number of ether oxygens (including phenoxy) is 1. The van der Waals surface area contributed by atoms with E-state index in [1.165, 1.54) is 0 Å². The first-order valence-electron chi connectivity index (χ1n) is 7.24. The number of rotatable bonds is 4. The zero-order chi connectivity index (χ0) is 15.5. The van der Waals surface area contributed by atoms with Gasteiger partial charge in [-0.25, -0.2) is 0 Å². The second kappa shape index (κ2) is 6.51. The molecule has 0 bridgehead atoms. The van der Waals surface area contributed by atoms with E-state index in [0.717, 1.165) is 34.8 Å².